The molecule has 0 aliphatic rings. The summed E-state index contributed by atoms with van der Waals surface area (Å²) in [6.45, 7) is 3.67. The predicted molar refractivity (Wildman–Crippen MR) is 142 cm³/mol. The number of methoxy groups -OCH3 is 2. The quantitative estimate of drug-likeness (QED) is 0.255. The molecule has 0 radical (unpaired) electrons. The molecule has 0 bridgehead atoms. The zero-order valence-electron chi connectivity index (χ0n) is 20.7. The number of hydrogen-bond donors (Lipinski definition) is 0. The molecular weight excluding hydrogens is 492 g/mol. The van der Waals surface area contributed by atoms with Crippen LogP contribution in [0.25, 0.3) is 33.1 Å². The average Bonchev–Trinajstić information content (AvgIpc) is 2.89. The number of ether oxygens (including phenoxy) is 2. The Morgan fingerprint density at radius 3 is 2.24 bits per heavy atom. The van der Waals surface area contributed by atoms with E-state index in [1.807, 2.05) is 38.1 Å². The molecule has 0 saturated carbocycles. The van der Waals surface area contributed by atoms with Gasteiger partial charge in [-0.3, -0.25) is 4.79 Å². The summed E-state index contributed by atoms with van der Waals surface area (Å²) in [5.74, 6) is 0.381. The van der Waals surface area contributed by atoms with Crippen molar-refractivity contribution in [1.82, 2.24) is 0 Å². The third kappa shape index (κ3) is 4.40. The molecule has 0 aliphatic heterocycles. The molecule has 0 saturated heterocycles. The first-order valence-corrected chi connectivity index (χ1v) is 12.9. The van der Waals surface area contributed by atoms with Gasteiger partial charge < -0.3 is 18.1 Å². The van der Waals surface area contributed by atoms with Crippen LogP contribution in [0.4, 0.5) is 0 Å². The molecule has 0 atom stereocenters. The zero-order chi connectivity index (χ0) is 26.3. The van der Waals surface area contributed by atoms with Crippen molar-refractivity contribution in [3.05, 3.63) is 94.1 Å². The lowest BCUT2D eigenvalue weighted by molar-refractivity contribution is 0.355. The van der Waals surface area contributed by atoms with Crippen molar-refractivity contribution in [2.24, 2.45) is 0 Å². The van der Waals surface area contributed by atoms with E-state index in [2.05, 4.69) is 0 Å². The van der Waals surface area contributed by atoms with Gasteiger partial charge in [0, 0.05) is 5.56 Å². The van der Waals surface area contributed by atoms with Crippen LogP contribution in [0.1, 0.15) is 11.1 Å². The molecule has 0 amide bonds. The molecule has 1 heterocycles. The Labute approximate surface area is 214 Å². The van der Waals surface area contributed by atoms with Crippen LogP contribution in [-0.2, 0) is 10.1 Å². The van der Waals surface area contributed by atoms with Crippen molar-refractivity contribution in [2.45, 2.75) is 18.7 Å². The Bertz CT molecular complexity index is 1840. The fourth-order valence-corrected chi connectivity index (χ4v) is 5.33. The van der Waals surface area contributed by atoms with Crippen LogP contribution < -0.4 is 19.1 Å². The van der Waals surface area contributed by atoms with Crippen LogP contribution in [0, 0.1) is 13.8 Å². The number of hydrogen-bond acceptors (Lipinski definition) is 7. The second kappa shape index (κ2) is 9.29. The number of rotatable bonds is 6. The fourth-order valence-electron chi connectivity index (χ4n) is 4.36. The maximum Gasteiger partial charge on any atom is 0.339 e. The Morgan fingerprint density at radius 2 is 1.51 bits per heavy atom. The van der Waals surface area contributed by atoms with E-state index in [4.69, 9.17) is 18.1 Å². The maximum atomic E-state index is 13.7. The maximum absolute atomic E-state index is 13.7. The summed E-state index contributed by atoms with van der Waals surface area (Å²) in [6.07, 6.45) is 0. The highest BCUT2D eigenvalue weighted by Gasteiger charge is 2.26. The predicted octanol–water partition coefficient (Wildman–Crippen LogP) is 6.01. The highest BCUT2D eigenvalue weighted by Crippen LogP contribution is 2.38. The lowest BCUT2D eigenvalue weighted by atomic mass is 10.1. The van der Waals surface area contributed by atoms with Crippen molar-refractivity contribution in [2.75, 3.05) is 14.2 Å². The first kappa shape index (κ1) is 24.4. The normalized spacial score (nSPS) is 11.6. The smallest absolute Gasteiger partial charge is 0.339 e. The van der Waals surface area contributed by atoms with Crippen LogP contribution in [-0.4, -0.2) is 22.6 Å². The minimum absolute atomic E-state index is 0.0326. The second-order valence-electron chi connectivity index (χ2n) is 8.66. The SMILES string of the molecule is COc1ccc(-c2oc3c(C)cc(C)cc3c(=O)c2OS(=O)(=O)c2ccc3ccccc3c2)cc1OC. The molecule has 188 valence electrons. The van der Waals surface area contributed by atoms with Crippen molar-refractivity contribution >= 4 is 31.9 Å². The van der Waals surface area contributed by atoms with Gasteiger partial charge >= 0.3 is 10.1 Å². The molecule has 0 spiro atoms. The van der Waals surface area contributed by atoms with E-state index in [9.17, 15) is 13.2 Å². The molecule has 8 heteroatoms. The number of aryl methyl sites for hydroxylation is 2. The van der Waals surface area contributed by atoms with Gasteiger partial charge in [0.05, 0.1) is 19.6 Å². The van der Waals surface area contributed by atoms with Crippen LogP contribution in [0.5, 0.6) is 17.2 Å². The van der Waals surface area contributed by atoms with E-state index in [1.165, 1.54) is 26.4 Å². The first-order chi connectivity index (χ1) is 17.7. The second-order valence-corrected chi connectivity index (χ2v) is 10.2. The Balaban J connectivity index is 1.75. The summed E-state index contributed by atoms with van der Waals surface area (Å²) in [5, 5.41) is 1.83. The van der Waals surface area contributed by atoms with Gasteiger partial charge in [-0.05, 0) is 72.1 Å². The van der Waals surface area contributed by atoms with E-state index in [-0.39, 0.29) is 16.0 Å². The summed E-state index contributed by atoms with van der Waals surface area (Å²) in [6, 6.07) is 20.4. The van der Waals surface area contributed by atoms with Crippen molar-refractivity contribution in [3.8, 4) is 28.6 Å². The monoisotopic (exact) mass is 516 g/mol. The van der Waals surface area contributed by atoms with E-state index < -0.39 is 21.3 Å². The van der Waals surface area contributed by atoms with Crippen LogP contribution in [0.15, 0.2) is 86.9 Å². The summed E-state index contributed by atoms with van der Waals surface area (Å²) in [5.41, 5.74) is 1.70. The third-order valence-corrected chi connectivity index (χ3v) is 7.35. The summed E-state index contributed by atoms with van der Waals surface area (Å²) in [4.78, 5) is 13.6. The Kier molecular flexibility index (Phi) is 6.13. The van der Waals surface area contributed by atoms with Crippen molar-refractivity contribution in [1.29, 1.82) is 0 Å². The lowest BCUT2D eigenvalue weighted by Crippen LogP contribution is -2.17. The van der Waals surface area contributed by atoms with Gasteiger partial charge in [0.25, 0.3) is 0 Å². The van der Waals surface area contributed by atoms with E-state index >= 15 is 0 Å². The summed E-state index contributed by atoms with van der Waals surface area (Å²) < 4.78 is 49.3. The largest absolute Gasteiger partial charge is 0.493 e. The highest BCUT2D eigenvalue weighted by molar-refractivity contribution is 7.87. The summed E-state index contributed by atoms with van der Waals surface area (Å²) >= 11 is 0. The molecule has 0 N–H and O–H groups in total. The molecule has 7 nitrogen and oxygen atoms in total. The number of benzene rings is 4. The first-order valence-electron chi connectivity index (χ1n) is 11.5. The van der Waals surface area contributed by atoms with Crippen molar-refractivity contribution < 1.29 is 26.5 Å². The molecule has 4 aromatic carbocycles. The number of fused-ring (bicyclic) bond motifs is 2. The van der Waals surface area contributed by atoms with Crippen LogP contribution in [0.3, 0.4) is 0 Å². The minimum atomic E-state index is -4.39. The molecule has 0 aliphatic carbocycles. The lowest BCUT2D eigenvalue weighted by Gasteiger charge is -2.15. The Morgan fingerprint density at radius 1 is 0.784 bits per heavy atom. The van der Waals surface area contributed by atoms with E-state index in [0.717, 1.165) is 21.9 Å². The topological polar surface area (TPSA) is 92.0 Å². The standard InChI is InChI=1S/C29H24O7S/c1-17-13-18(2)27-23(14-17)26(30)29(28(35-27)21-10-12-24(33-3)25(16-21)34-4)36-37(31,32)22-11-9-19-7-5-6-8-20(19)15-22/h5-16H,1-4H3. The molecule has 5 rings (SSSR count). The van der Waals surface area contributed by atoms with Gasteiger partial charge in [0.1, 0.15) is 10.5 Å². The van der Waals surface area contributed by atoms with E-state index in [0.29, 0.717) is 22.6 Å². The van der Waals surface area contributed by atoms with Gasteiger partial charge in [-0.1, -0.05) is 36.4 Å². The minimum Gasteiger partial charge on any atom is -0.493 e. The van der Waals surface area contributed by atoms with Crippen molar-refractivity contribution in [3.63, 3.8) is 0 Å². The molecule has 1 aromatic heterocycles. The van der Waals surface area contributed by atoms with Crippen LogP contribution >= 0.6 is 0 Å². The highest BCUT2D eigenvalue weighted by atomic mass is 32.2. The summed E-state index contributed by atoms with van der Waals surface area (Å²) in [7, 11) is -1.41. The van der Waals surface area contributed by atoms with Gasteiger partial charge in [0.15, 0.2) is 17.3 Å². The third-order valence-electron chi connectivity index (χ3n) is 6.13. The van der Waals surface area contributed by atoms with Crippen LogP contribution in [0.2, 0.25) is 0 Å². The van der Waals surface area contributed by atoms with Gasteiger partial charge in [-0.15, -0.1) is 0 Å². The molecular formula is C29H24O7S. The van der Waals surface area contributed by atoms with Gasteiger partial charge in [-0.25, -0.2) is 0 Å². The average molecular weight is 517 g/mol. The molecule has 0 unspecified atom stereocenters. The molecule has 0 fully saturated rings. The Hall–Kier alpha value is -4.30. The van der Waals surface area contributed by atoms with E-state index in [1.54, 1.807) is 36.4 Å². The molecule has 5 aromatic rings. The van der Waals surface area contributed by atoms with Gasteiger partial charge in [-0.2, -0.15) is 8.42 Å². The van der Waals surface area contributed by atoms with Gasteiger partial charge in [0.2, 0.25) is 11.2 Å². The zero-order valence-corrected chi connectivity index (χ0v) is 21.5. The fraction of sp³-hybridized carbons (Fsp3) is 0.138. The molecule has 37 heavy (non-hydrogen) atoms.